The van der Waals surface area contributed by atoms with Gasteiger partial charge in [-0.2, -0.15) is 0 Å². The van der Waals surface area contributed by atoms with Gasteiger partial charge in [-0.1, -0.05) is 83.4 Å². The number of aromatic nitrogens is 4. The number of hydrogen-bond acceptors (Lipinski definition) is 8. The Morgan fingerprint density at radius 1 is 0.298 bits per heavy atom. The second-order valence-corrected chi connectivity index (χ2v) is 34.9. The summed E-state index contributed by atoms with van der Waals surface area (Å²) in [4.78, 5) is 24.1. The van der Waals surface area contributed by atoms with E-state index < -0.39 is 11.6 Å². The Morgan fingerprint density at radius 3 is 1.06 bits per heavy atom. The van der Waals surface area contributed by atoms with Crippen LogP contribution >= 0.6 is 11.6 Å². The fourth-order valence-corrected chi connectivity index (χ4v) is 20.4. The normalized spacial score (nSPS) is 19.1. The van der Waals surface area contributed by atoms with E-state index in [-0.39, 0.29) is 45.4 Å². The standard InChI is InChI=1S/2C24H27F2N3.C24H28FN3.C23H25ClFN3/c1-15-3-6-20-19(13-15)18-7-10-27-24(23(18)28-20)8-11-29(12-9-24)14-17-5-4-16(2)21(25)22(17)26;1-15-3-4-22-19(11-15)18-5-8-27-24(23(18)28-22)6-9-29(10-7-24)14-17-13-20(25)16(2)12-21(17)26;1-16-3-5-18(21(25)13-16)15-28-11-8-24(9-12-28)23-20(7-10-26-24)19-6-4-17(2)14-22(19)27-23;1-15-2-3-16(20(25)12-15)14-28-10-7-23(8-11-28)22-18(6-9-26-23)19-13-17(24)4-5-21(19)27-22/h3-6,13,27-28H,7-12,14H2,1-2H3;3-4,11-13,27-28H,5-10,14H2,1-2H3;3-6,13-14,26-27H,7-12,15H2,1-2H3;2-5,12-13,26-27H,6-11,14H2,1H3. The summed E-state index contributed by atoms with van der Waals surface area (Å²) in [6, 6.07) is 43.3. The molecule has 8 aliphatic heterocycles. The Kier molecular flexibility index (Phi) is 21.8. The Morgan fingerprint density at radius 2 is 0.632 bits per heavy atom. The van der Waals surface area contributed by atoms with Crippen molar-refractivity contribution in [2.24, 2.45) is 0 Å². The van der Waals surface area contributed by atoms with Crippen molar-refractivity contribution in [1.82, 2.24) is 60.8 Å². The lowest BCUT2D eigenvalue weighted by atomic mass is 9.79. The molecule has 0 radical (unpaired) electrons. The molecule has 20 rings (SSSR count). The molecular formula is C95H107ClF6N12. The lowest BCUT2D eigenvalue weighted by molar-refractivity contribution is 0.120. The third kappa shape index (κ3) is 15.3. The number of nitrogens with zero attached hydrogens (tertiary/aromatic N) is 4. The van der Waals surface area contributed by atoms with Crippen molar-refractivity contribution >= 4 is 55.2 Å². The third-order valence-corrected chi connectivity index (χ3v) is 27.1. The van der Waals surface area contributed by atoms with Crippen LogP contribution in [0.4, 0.5) is 26.3 Å². The Labute approximate surface area is 670 Å². The van der Waals surface area contributed by atoms with Crippen LogP contribution < -0.4 is 21.3 Å². The van der Waals surface area contributed by atoms with Crippen molar-refractivity contribution in [3.8, 4) is 0 Å². The molecule has 19 heteroatoms. The summed E-state index contributed by atoms with van der Waals surface area (Å²) in [6.45, 7) is 27.0. The SMILES string of the molecule is Cc1ccc(CN2CCC3(CC2)NCCc2c3[nH]c3cc(C)ccc23)c(F)c1.Cc1ccc(CN2CCC3(CC2)NCCc2c3[nH]c3ccc(Cl)cc23)c(F)c1.Cc1ccc2[nH]c3c(c2c1)CCNC31CCN(Cc2cc(F)c(C)cc2F)CC1.Cc1ccc2[nH]c3c(c2c1)CCNC31CCN(Cc2ccc(C)c(F)c2F)CC1. The molecule has 8 aliphatic rings. The highest BCUT2D eigenvalue weighted by Crippen LogP contribution is 2.46. The number of benzene rings is 8. The summed E-state index contributed by atoms with van der Waals surface area (Å²) in [7, 11) is 0. The van der Waals surface area contributed by atoms with Gasteiger partial charge in [0, 0.05) is 198 Å². The van der Waals surface area contributed by atoms with Crippen LogP contribution in [0.3, 0.4) is 0 Å². The monoisotopic (exact) mass is 1560 g/mol. The molecule has 4 fully saturated rings. The highest BCUT2D eigenvalue weighted by molar-refractivity contribution is 6.31. The summed E-state index contributed by atoms with van der Waals surface area (Å²) >= 11 is 6.25. The maximum absolute atomic E-state index is 14.3. The summed E-state index contributed by atoms with van der Waals surface area (Å²) in [5.74, 6) is -2.23. The number of fused-ring (bicyclic) bond motifs is 16. The van der Waals surface area contributed by atoms with Crippen LogP contribution in [0.5, 0.6) is 0 Å². The summed E-state index contributed by atoms with van der Waals surface area (Å²) < 4.78 is 84.9. The van der Waals surface area contributed by atoms with Crippen LogP contribution in [0.1, 0.15) is 158 Å². The first-order chi connectivity index (χ1) is 55.0. The van der Waals surface area contributed by atoms with Crippen LogP contribution in [0.15, 0.2) is 133 Å². The van der Waals surface area contributed by atoms with Gasteiger partial charge in [0.15, 0.2) is 11.6 Å². The number of aromatic amines is 4. The van der Waals surface area contributed by atoms with Crippen molar-refractivity contribution in [3.63, 3.8) is 0 Å². The minimum Gasteiger partial charge on any atom is -0.357 e. The molecule has 0 aliphatic carbocycles. The van der Waals surface area contributed by atoms with Crippen molar-refractivity contribution < 1.29 is 26.3 Å². The number of likely N-dealkylation sites (tertiary alicyclic amines) is 4. The van der Waals surface area contributed by atoms with E-state index in [9.17, 15) is 26.3 Å². The number of hydrogen-bond donors (Lipinski definition) is 8. The summed E-state index contributed by atoms with van der Waals surface area (Å²) in [5.41, 5.74) is 25.0. The molecule has 12 nitrogen and oxygen atoms in total. The van der Waals surface area contributed by atoms with Gasteiger partial charge in [-0.3, -0.25) is 19.6 Å². The first-order valence-electron chi connectivity index (χ1n) is 41.4. The van der Waals surface area contributed by atoms with Crippen LogP contribution in [-0.4, -0.2) is 118 Å². The van der Waals surface area contributed by atoms with Gasteiger partial charge < -0.3 is 41.2 Å². The Bertz CT molecular complexity index is 5390. The first-order valence-corrected chi connectivity index (χ1v) is 41.8. The third-order valence-electron chi connectivity index (χ3n) is 26.8. The molecule has 114 heavy (non-hydrogen) atoms. The molecule has 0 amide bonds. The molecule has 12 aromatic rings. The molecule has 4 spiro atoms. The highest BCUT2D eigenvalue weighted by atomic mass is 35.5. The number of piperidine rings is 4. The van der Waals surface area contributed by atoms with E-state index in [1.165, 1.54) is 117 Å². The molecule has 0 unspecified atom stereocenters. The molecule has 4 aromatic heterocycles. The van der Waals surface area contributed by atoms with E-state index in [4.69, 9.17) is 11.6 Å². The second kappa shape index (κ2) is 31.8. The van der Waals surface area contributed by atoms with E-state index in [2.05, 4.69) is 148 Å². The fourth-order valence-electron chi connectivity index (χ4n) is 20.3. The van der Waals surface area contributed by atoms with Gasteiger partial charge in [0.05, 0.1) is 22.2 Å². The maximum atomic E-state index is 14.3. The predicted molar refractivity (Wildman–Crippen MR) is 448 cm³/mol. The lowest BCUT2D eigenvalue weighted by Gasteiger charge is -2.45. The predicted octanol–water partition coefficient (Wildman–Crippen LogP) is 18.9. The molecule has 8 aromatic carbocycles. The van der Waals surface area contributed by atoms with E-state index >= 15 is 0 Å². The topological polar surface area (TPSA) is 124 Å². The number of nitrogens with one attached hydrogen (secondary N) is 8. The molecule has 596 valence electrons. The van der Waals surface area contributed by atoms with Gasteiger partial charge >= 0.3 is 0 Å². The van der Waals surface area contributed by atoms with Crippen LogP contribution in [-0.2, 0) is 74.0 Å². The van der Waals surface area contributed by atoms with Crippen LogP contribution in [0, 0.1) is 83.4 Å². The zero-order chi connectivity index (χ0) is 79.0. The van der Waals surface area contributed by atoms with Crippen molar-refractivity contribution in [2.45, 2.75) is 174 Å². The zero-order valence-corrected chi connectivity index (χ0v) is 67.7. The lowest BCUT2D eigenvalue weighted by Crippen LogP contribution is -2.54. The Balaban J connectivity index is 0.000000110. The van der Waals surface area contributed by atoms with Crippen LogP contribution in [0.25, 0.3) is 43.6 Å². The van der Waals surface area contributed by atoms with Gasteiger partial charge in [0.2, 0.25) is 0 Å². The number of H-pyrrole nitrogens is 4. The van der Waals surface area contributed by atoms with Crippen molar-refractivity contribution in [1.29, 1.82) is 0 Å². The molecule has 0 atom stereocenters. The first kappa shape index (κ1) is 78.0. The van der Waals surface area contributed by atoms with Crippen molar-refractivity contribution in [2.75, 3.05) is 78.5 Å². The van der Waals surface area contributed by atoms with E-state index in [0.29, 0.717) is 48.4 Å². The van der Waals surface area contributed by atoms with Gasteiger partial charge in [-0.15, -0.1) is 0 Å². The molecule has 12 heterocycles. The van der Waals surface area contributed by atoms with Gasteiger partial charge in [-0.05, 0) is 248 Å². The van der Waals surface area contributed by atoms with Gasteiger partial charge in [-0.25, -0.2) is 26.3 Å². The van der Waals surface area contributed by atoms with Crippen molar-refractivity contribution in [3.05, 3.63) is 280 Å². The quantitative estimate of drug-likeness (QED) is 0.0708. The van der Waals surface area contributed by atoms with Gasteiger partial charge in [0.25, 0.3) is 0 Å². The number of aryl methyl sites for hydroxylation is 7. The van der Waals surface area contributed by atoms with E-state index in [0.717, 1.165) is 183 Å². The van der Waals surface area contributed by atoms with Crippen LogP contribution in [0.2, 0.25) is 5.02 Å². The molecular weight excluding hydrogens is 1460 g/mol. The minimum absolute atomic E-state index is 0.0125. The fraction of sp³-hybridized carbons (Fsp3) is 0.411. The van der Waals surface area contributed by atoms with E-state index in [1.807, 2.05) is 44.2 Å². The largest absolute Gasteiger partial charge is 0.357 e. The number of halogens is 7. The minimum atomic E-state index is -0.720. The van der Waals surface area contributed by atoms with E-state index in [1.54, 1.807) is 38.1 Å². The molecule has 0 bridgehead atoms. The molecule has 0 saturated carbocycles. The van der Waals surface area contributed by atoms with Gasteiger partial charge in [0.1, 0.15) is 23.3 Å². The Hall–Kier alpha value is -8.53. The average Bonchev–Trinajstić information content (AvgIpc) is 1.58. The zero-order valence-electron chi connectivity index (χ0n) is 66.9. The molecule has 8 N–H and O–H groups in total. The smallest absolute Gasteiger partial charge is 0.163 e. The molecule has 4 saturated heterocycles. The average molecular weight is 1570 g/mol. The summed E-state index contributed by atoms with van der Waals surface area (Å²) in [5, 5.41) is 21.3. The second-order valence-electron chi connectivity index (χ2n) is 34.4. The number of rotatable bonds is 8. The maximum Gasteiger partial charge on any atom is 0.163 e. The summed E-state index contributed by atoms with van der Waals surface area (Å²) in [6.07, 6.45) is 12.2. The highest BCUT2D eigenvalue weighted by Gasteiger charge is 2.46.